The Labute approximate surface area is 143 Å². The first-order chi connectivity index (χ1) is 10.3. The van der Waals surface area contributed by atoms with Crippen molar-refractivity contribution in [3.8, 4) is 5.75 Å². The topological polar surface area (TPSA) is 54.4 Å². The van der Waals surface area contributed by atoms with Crippen LogP contribution in [0.15, 0.2) is 6.07 Å². The van der Waals surface area contributed by atoms with Gasteiger partial charge in [0.2, 0.25) is 0 Å². The van der Waals surface area contributed by atoms with Crippen molar-refractivity contribution in [2.45, 2.75) is 58.1 Å². The highest BCUT2D eigenvalue weighted by atomic mass is 35.5. The Morgan fingerprint density at radius 1 is 1.09 bits per heavy atom. The van der Waals surface area contributed by atoms with Gasteiger partial charge in [0.1, 0.15) is 5.75 Å². The molecule has 0 saturated carbocycles. The third-order valence-corrected chi connectivity index (χ3v) is 6.20. The van der Waals surface area contributed by atoms with Crippen LogP contribution < -0.4 is 0 Å². The van der Waals surface area contributed by atoms with Gasteiger partial charge in [-0.3, -0.25) is 0 Å². The van der Waals surface area contributed by atoms with Crippen molar-refractivity contribution in [3.05, 3.63) is 27.2 Å². The van der Waals surface area contributed by atoms with Crippen molar-refractivity contribution in [2.75, 3.05) is 5.75 Å². The second kappa shape index (κ2) is 8.99. The second-order valence-electron chi connectivity index (χ2n) is 5.66. The molecule has 0 radical (unpaired) electrons. The summed E-state index contributed by atoms with van der Waals surface area (Å²) in [5.74, 6) is -0.287. The number of phenolic OH excluding ortho intramolecular Hbond substituents is 1. The summed E-state index contributed by atoms with van der Waals surface area (Å²) in [5.41, 5.74) is 0.824. The summed E-state index contributed by atoms with van der Waals surface area (Å²) < 4.78 is 24.3. The van der Waals surface area contributed by atoms with E-state index in [1.54, 1.807) is 6.92 Å². The summed E-state index contributed by atoms with van der Waals surface area (Å²) in [6.45, 7) is 3.83. The van der Waals surface area contributed by atoms with Gasteiger partial charge in [-0.2, -0.15) is 0 Å². The molecule has 0 aliphatic carbocycles. The van der Waals surface area contributed by atoms with E-state index < -0.39 is 9.84 Å². The van der Waals surface area contributed by atoms with Crippen LogP contribution in [0.25, 0.3) is 0 Å². The second-order valence-corrected chi connectivity index (χ2v) is 8.63. The zero-order valence-corrected chi connectivity index (χ0v) is 15.5. The van der Waals surface area contributed by atoms with Crippen molar-refractivity contribution < 1.29 is 13.5 Å². The fourth-order valence-electron chi connectivity index (χ4n) is 2.27. The van der Waals surface area contributed by atoms with E-state index in [0.717, 1.165) is 19.3 Å². The molecule has 1 aromatic rings. The van der Waals surface area contributed by atoms with Crippen LogP contribution in [0.1, 0.15) is 56.6 Å². The van der Waals surface area contributed by atoms with Gasteiger partial charge in [-0.25, -0.2) is 8.42 Å². The van der Waals surface area contributed by atoms with E-state index in [0.29, 0.717) is 17.0 Å². The SMILES string of the molecule is CCCCCCCCS(=O)(=O)Cc1cc(Cl)c(C)c(Cl)c1O. The minimum Gasteiger partial charge on any atom is -0.506 e. The highest BCUT2D eigenvalue weighted by Crippen LogP contribution is 2.36. The minimum absolute atomic E-state index is 0.122. The molecule has 3 nitrogen and oxygen atoms in total. The maximum absolute atomic E-state index is 12.2. The van der Waals surface area contributed by atoms with Crippen LogP contribution >= 0.6 is 23.2 Å². The number of hydrogen-bond donors (Lipinski definition) is 1. The van der Waals surface area contributed by atoms with Crippen LogP contribution in [-0.4, -0.2) is 19.3 Å². The third kappa shape index (κ3) is 5.98. The summed E-state index contributed by atoms with van der Waals surface area (Å²) in [6.07, 6.45) is 6.16. The van der Waals surface area contributed by atoms with Crippen LogP contribution in [-0.2, 0) is 15.6 Å². The summed E-state index contributed by atoms with van der Waals surface area (Å²) in [5, 5.41) is 10.5. The average molecular weight is 367 g/mol. The molecule has 0 saturated heterocycles. The van der Waals surface area contributed by atoms with Crippen LogP contribution in [0.3, 0.4) is 0 Å². The summed E-state index contributed by atoms with van der Waals surface area (Å²) >= 11 is 12.0. The van der Waals surface area contributed by atoms with E-state index in [1.165, 1.54) is 18.9 Å². The molecule has 22 heavy (non-hydrogen) atoms. The predicted molar refractivity (Wildman–Crippen MR) is 93.7 cm³/mol. The normalized spacial score (nSPS) is 11.8. The van der Waals surface area contributed by atoms with Gasteiger partial charge in [0, 0.05) is 10.6 Å². The summed E-state index contributed by atoms with van der Waals surface area (Å²) in [4.78, 5) is 0. The van der Waals surface area contributed by atoms with E-state index in [4.69, 9.17) is 23.2 Å². The Balaban J connectivity index is 2.62. The Bertz CT molecular complexity index is 598. The van der Waals surface area contributed by atoms with Gasteiger partial charge in [0.05, 0.1) is 16.5 Å². The van der Waals surface area contributed by atoms with Gasteiger partial charge >= 0.3 is 0 Å². The molecule has 0 aliphatic rings. The molecule has 1 rings (SSSR count). The quantitative estimate of drug-likeness (QED) is 0.604. The van der Waals surface area contributed by atoms with Gasteiger partial charge in [0.25, 0.3) is 0 Å². The predicted octanol–water partition coefficient (Wildman–Crippen LogP) is 5.28. The molecule has 0 fully saturated rings. The van der Waals surface area contributed by atoms with Crippen molar-refractivity contribution in [2.24, 2.45) is 0 Å². The van der Waals surface area contributed by atoms with Gasteiger partial charge in [0.15, 0.2) is 9.84 Å². The minimum atomic E-state index is -3.27. The molecule has 0 heterocycles. The third-order valence-electron chi connectivity index (χ3n) is 3.68. The molecule has 0 atom stereocenters. The molecule has 0 unspecified atom stereocenters. The van der Waals surface area contributed by atoms with Crippen molar-refractivity contribution in [1.29, 1.82) is 0 Å². The standard InChI is InChI=1S/C16H24Cl2O3S/c1-3-4-5-6-7-8-9-22(20,21)11-13-10-14(17)12(2)15(18)16(13)19/h10,19H,3-9,11H2,1-2H3. The zero-order chi connectivity index (χ0) is 16.8. The number of halogens is 2. The number of benzene rings is 1. The van der Waals surface area contributed by atoms with Gasteiger partial charge in [-0.05, 0) is 25.0 Å². The van der Waals surface area contributed by atoms with Crippen LogP contribution in [0, 0.1) is 6.92 Å². The number of aromatic hydroxyl groups is 1. The monoisotopic (exact) mass is 366 g/mol. The molecule has 0 aromatic heterocycles. The molecule has 126 valence electrons. The van der Waals surface area contributed by atoms with Crippen molar-refractivity contribution in [1.82, 2.24) is 0 Å². The lowest BCUT2D eigenvalue weighted by atomic mass is 10.1. The number of rotatable bonds is 9. The molecule has 1 aromatic carbocycles. The van der Waals surface area contributed by atoms with Gasteiger partial charge in [-0.15, -0.1) is 0 Å². The Kier molecular flexibility index (Phi) is 8.01. The van der Waals surface area contributed by atoms with Crippen molar-refractivity contribution >= 4 is 33.0 Å². The van der Waals surface area contributed by atoms with E-state index in [-0.39, 0.29) is 27.8 Å². The first-order valence-corrected chi connectivity index (χ1v) is 10.2. The first kappa shape index (κ1) is 19.6. The molecular formula is C16H24Cl2O3S. The first-order valence-electron chi connectivity index (χ1n) is 7.65. The number of unbranched alkanes of at least 4 members (excludes halogenated alkanes) is 5. The highest BCUT2D eigenvalue weighted by Gasteiger charge is 2.18. The maximum atomic E-state index is 12.2. The number of sulfone groups is 1. The number of phenols is 1. The van der Waals surface area contributed by atoms with Gasteiger partial charge < -0.3 is 5.11 Å². The summed E-state index contributed by atoms with van der Waals surface area (Å²) in [6, 6.07) is 1.48. The molecule has 0 amide bonds. The number of hydrogen-bond acceptors (Lipinski definition) is 3. The van der Waals surface area contributed by atoms with Crippen molar-refractivity contribution in [3.63, 3.8) is 0 Å². The smallest absolute Gasteiger partial charge is 0.154 e. The Morgan fingerprint density at radius 2 is 1.68 bits per heavy atom. The molecule has 0 spiro atoms. The molecule has 1 N–H and O–H groups in total. The average Bonchev–Trinajstić information content (AvgIpc) is 2.46. The summed E-state index contributed by atoms with van der Waals surface area (Å²) in [7, 11) is -3.27. The fourth-order valence-corrected chi connectivity index (χ4v) is 4.25. The van der Waals surface area contributed by atoms with E-state index >= 15 is 0 Å². The highest BCUT2D eigenvalue weighted by molar-refractivity contribution is 7.90. The van der Waals surface area contributed by atoms with Crippen LogP contribution in [0.5, 0.6) is 5.75 Å². The molecule has 6 heteroatoms. The van der Waals surface area contributed by atoms with E-state index in [9.17, 15) is 13.5 Å². The lowest BCUT2D eigenvalue weighted by Crippen LogP contribution is -2.10. The van der Waals surface area contributed by atoms with Crippen LogP contribution in [0.2, 0.25) is 10.0 Å². The fraction of sp³-hybridized carbons (Fsp3) is 0.625. The molecular weight excluding hydrogens is 343 g/mol. The lowest BCUT2D eigenvalue weighted by molar-refractivity contribution is 0.469. The zero-order valence-electron chi connectivity index (χ0n) is 13.2. The maximum Gasteiger partial charge on any atom is 0.154 e. The van der Waals surface area contributed by atoms with Crippen LogP contribution in [0.4, 0.5) is 0 Å². The molecule has 0 aliphatic heterocycles. The van der Waals surface area contributed by atoms with Gasteiger partial charge in [-0.1, -0.05) is 62.2 Å². The van der Waals surface area contributed by atoms with E-state index in [2.05, 4.69) is 6.92 Å². The van der Waals surface area contributed by atoms with E-state index in [1.807, 2.05) is 0 Å². The Morgan fingerprint density at radius 3 is 2.32 bits per heavy atom. The lowest BCUT2D eigenvalue weighted by Gasteiger charge is -2.11. The largest absolute Gasteiger partial charge is 0.506 e. The Hall–Kier alpha value is -0.450. The molecule has 0 bridgehead atoms.